The van der Waals surface area contributed by atoms with Gasteiger partial charge >= 0.3 is 0 Å². The Hall–Kier alpha value is -1.98. The number of nitrogens with one attached hydrogen (secondary N) is 1. The maximum atomic E-state index is 12.1. The normalized spacial score (nSPS) is 10.6. The van der Waals surface area contributed by atoms with E-state index in [9.17, 15) is 9.59 Å². The van der Waals surface area contributed by atoms with Crippen molar-refractivity contribution in [2.75, 3.05) is 18.9 Å². The monoisotopic (exact) mass is 374 g/mol. The maximum Gasteiger partial charge on any atom is 0.238 e. The Labute approximate surface area is 144 Å². The molecule has 1 N–H and O–H groups in total. The van der Waals surface area contributed by atoms with Gasteiger partial charge in [0.25, 0.3) is 0 Å². The molecule has 2 rings (SSSR count). The van der Waals surface area contributed by atoms with Gasteiger partial charge < -0.3 is 5.32 Å². The fourth-order valence-electron chi connectivity index (χ4n) is 2.22. The SMILES string of the molecule is CC(=O)c1cccc(NC(=O)CN(C)Cc2ccc(Br)cc2)c1. The summed E-state index contributed by atoms with van der Waals surface area (Å²) in [6.45, 7) is 2.47. The van der Waals surface area contributed by atoms with Gasteiger partial charge in [-0.2, -0.15) is 0 Å². The van der Waals surface area contributed by atoms with E-state index < -0.39 is 0 Å². The smallest absolute Gasteiger partial charge is 0.238 e. The molecule has 1 amide bonds. The van der Waals surface area contributed by atoms with E-state index in [1.807, 2.05) is 36.2 Å². The van der Waals surface area contributed by atoms with E-state index in [0.717, 1.165) is 10.0 Å². The van der Waals surface area contributed by atoms with Crippen LogP contribution in [0.15, 0.2) is 53.0 Å². The summed E-state index contributed by atoms with van der Waals surface area (Å²) < 4.78 is 1.03. The Morgan fingerprint density at radius 2 is 1.83 bits per heavy atom. The molecule has 0 saturated carbocycles. The zero-order valence-corrected chi connectivity index (χ0v) is 14.8. The highest BCUT2D eigenvalue weighted by atomic mass is 79.9. The fourth-order valence-corrected chi connectivity index (χ4v) is 2.48. The first-order chi connectivity index (χ1) is 10.9. The van der Waals surface area contributed by atoms with Crippen molar-refractivity contribution < 1.29 is 9.59 Å². The number of carbonyl (C=O) groups excluding carboxylic acids is 2. The quantitative estimate of drug-likeness (QED) is 0.783. The number of benzene rings is 2. The number of nitrogens with zero attached hydrogens (tertiary/aromatic N) is 1. The van der Waals surface area contributed by atoms with E-state index in [-0.39, 0.29) is 18.2 Å². The minimum Gasteiger partial charge on any atom is -0.325 e. The molecule has 0 radical (unpaired) electrons. The third-order valence-corrected chi connectivity index (χ3v) is 3.86. The van der Waals surface area contributed by atoms with Crippen molar-refractivity contribution in [3.63, 3.8) is 0 Å². The van der Waals surface area contributed by atoms with Crippen molar-refractivity contribution in [3.8, 4) is 0 Å². The summed E-state index contributed by atoms with van der Waals surface area (Å²) in [6, 6.07) is 15.0. The lowest BCUT2D eigenvalue weighted by atomic mass is 10.1. The summed E-state index contributed by atoms with van der Waals surface area (Å²) in [4.78, 5) is 25.4. The number of hydrogen-bond donors (Lipinski definition) is 1. The third-order valence-electron chi connectivity index (χ3n) is 3.33. The Bertz CT molecular complexity index is 698. The fraction of sp³-hybridized carbons (Fsp3) is 0.222. The van der Waals surface area contributed by atoms with Crippen LogP contribution >= 0.6 is 15.9 Å². The van der Waals surface area contributed by atoms with Crippen molar-refractivity contribution >= 4 is 33.3 Å². The van der Waals surface area contributed by atoms with Crippen LogP contribution < -0.4 is 5.32 Å². The Morgan fingerprint density at radius 3 is 2.48 bits per heavy atom. The number of carbonyl (C=O) groups is 2. The minimum atomic E-state index is -0.106. The van der Waals surface area contributed by atoms with E-state index in [4.69, 9.17) is 0 Å². The number of ketones is 1. The highest BCUT2D eigenvalue weighted by Crippen LogP contribution is 2.13. The Kier molecular flexibility index (Phi) is 6.07. The van der Waals surface area contributed by atoms with E-state index in [1.54, 1.807) is 24.3 Å². The molecule has 0 aliphatic heterocycles. The molecule has 23 heavy (non-hydrogen) atoms. The van der Waals surface area contributed by atoms with Gasteiger partial charge in [0.05, 0.1) is 6.54 Å². The van der Waals surface area contributed by atoms with Gasteiger partial charge in [0.15, 0.2) is 5.78 Å². The Morgan fingerprint density at radius 1 is 1.13 bits per heavy atom. The predicted octanol–water partition coefficient (Wildman–Crippen LogP) is 3.72. The van der Waals surface area contributed by atoms with Crippen molar-refractivity contribution in [2.45, 2.75) is 13.5 Å². The number of Topliss-reactive ketones (excluding diaryl/α,β-unsaturated/α-hetero) is 1. The second kappa shape index (κ2) is 8.04. The molecule has 0 saturated heterocycles. The molecular weight excluding hydrogens is 356 g/mol. The highest BCUT2D eigenvalue weighted by Gasteiger charge is 2.08. The number of hydrogen-bond acceptors (Lipinski definition) is 3. The largest absolute Gasteiger partial charge is 0.325 e. The minimum absolute atomic E-state index is 0.0199. The zero-order chi connectivity index (χ0) is 16.8. The molecule has 0 aliphatic carbocycles. The molecular formula is C18H19BrN2O2. The summed E-state index contributed by atoms with van der Waals surface area (Å²) in [5, 5.41) is 2.82. The van der Waals surface area contributed by atoms with Gasteiger partial charge in [-0.15, -0.1) is 0 Å². The Balaban J connectivity index is 1.90. The van der Waals surface area contributed by atoms with E-state index in [1.165, 1.54) is 6.92 Å². The molecule has 2 aromatic carbocycles. The van der Waals surface area contributed by atoms with E-state index in [2.05, 4.69) is 21.2 Å². The van der Waals surface area contributed by atoms with Gasteiger partial charge in [0, 0.05) is 22.3 Å². The lowest BCUT2D eigenvalue weighted by Crippen LogP contribution is -2.29. The van der Waals surface area contributed by atoms with E-state index >= 15 is 0 Å². The summed E-state index contributed by atoms with van der Waals surface area (Å²) in [5.41, 5.74) is 2.37. The van der Waals surface area contributed by atoms with Gasteiger partial charge in [-0.25, -0.2) is 0 Å². The molecule has 0 atom stereocenters. The first-order valence-electron chi connectivity index (χ1n) is 7.28. The molecule has 0 aliphatic rings. The topological polar surface area (TPSA) is 49.4 Å². The summed E-state index contributed by atoms with van der Waals surface area (Å²) in [6.07, 6.45) is 0. The van der Waals surface area contributed by atoms with Crippen LogP contribution in [0.1, 0.15) is 22.8 Å². The number of rotatable bonds is 6. The van der Waals surface area contributed by atoms with Gasteiger partial charge in [-0.3, -0.25) is 14.5 Å². The average Bonchev–Trinajstić information content (AvgIpc) is 2.49. The van der Waals surface area contributed by atoms with Crippen LogP contribution in [0.25, 0.3) is 0 Å². The van der Waals surface area contributed by atoms with Crippen molar-refractivity contribution in [1.29, 1.82) is 0 Å². The van der Waals surface area contributed by atoms with Crippen LogP contribution in [0.4, 0.5) is 5.69 Å². The average molecular weight is 375 g/mol. The number of halogens is 1. The molecule has 120 valence electrons. The van der Waals surface area contributed by atoms with Gasteiger partial charge in [-0.05, 0) is 43.8 Å². The molecule has 2 aromatic rings. The first kappa shape index (κ1) is 17.4. The molecule has 0 spiro atoms. The van der Waals surface area contributed by atoms with Crippen molar-refractivity contribution in [2.24, 2.45) is 0 Å². The van der Waals surface area contributed by atoms with Crippen LogP contribution in [-0.2, 0) is 11.3 Å². The van der Waals surface area contributed by atoms with Gasteiger partial charge in [0.1, 0.15) is 0 Å². The molecule has 5 heteroatoms. The lowest BCUT2D eigenvalue weighted by Gasteiger charge is -2.16. The highest BCUT2D eigenvalue weighted by molar-refractivity contribution is 9.10. The number of amides is 1. The lowest BCUT2D eigenvalue weighted by molar-refractivity contribution is -0.117. The molecule has 0 unspecified atom stereocenters. The van der Waals surface area contributed by atoms with Gasteiger partial charge in [0.2, 0.25) is 5.91 Å². The zero-order valence-electron chi connectivity index (χ0n) is 13.2. The van der Waals surface area contributed by atoms with Crippen LogP contribution in [0.2, 0.25) is 0 Å². The molecule has 0 bridgehead atoms. The second-order valence-corrected chi connectivity index (χ2v) is 6.40. The molecule has 0 fully saturated rings. The summed E-state index contributed by atoms with van der Waals surface area (Å²) in [7, 11) is 1.90. The van der Waals surface area contributed by atoms with E-state index in [0.29, 0.717) is 17.8 Å². The van der Waals surface area contributed by atoms with Crippen LogP contribution in [0.3, 0.4) is 0 Å². The molecule has 0 aromatic heterocycles. The van der Waals surface area contributed by atoms with Crippen LogP contribution in [-0.4, -0.2) is 30.2 Å². The van der Waals surface area contributed by atoms with Crippen LogP contribution in [0.5, 0.6) is 0 Å². The number of anilines is 1. The maximum absolute atomic E-state index is 12.1. The first-order valence-corrected chi connectivity index (χ1v) is 8.07. The second-order valence-electron chi connectivity index (χ2n) is 5.48. The van der Waals surface area contributed by atoms with Crippen molar-refractivity contribution in [1.82, 2.24) is 4.90 Å². The summed E-state index contributed by atoms with van der Waals surface area (Å²) in [5.74, 6) is -0.126. The standard InChI is InChI=1S/C18H19BrN2O2/c1-13(22)15-4-3-5-17(10-15)20-18(23)12-21(2)11-14-6-8-16(19)9-7-14/h3-10H,11-12H2,1-2H3,(H,20,23). The van der Waals surface area contributed by atoms with Crippen molar-refractivity contribution in [3.05, 3.63) is 64.1 Å². The molecule has 4 nitrogen and oxygen atoms in total. The predicted molar refractivity (Wildman–Crippen MR) is 95.6 cm³/mol. The number of likely N-dealkylation sites (N-methyl/N-ethyl adjacent to an activating group) is 1. The summed E-state index contributed by atoms with van der Waals surface area (Å²) >= 11 is 3.40. The third kappa shape index (κ3) is 5.62. The van der Waals surface area contributed by atoms with Gasteiger partial charge in [-0.1, -0.05) is 40.2 Å². The molecule has 0 heterocycles. The van der Waals surface area contributed by atoms with Crippen LogP contribution in [0, 0.1) is 0 Å².